The molecular weight excluding hydrogens is 1140 g/mol. The first-order valence-electron chi connectivity index (χ1n) is 27.6. The van der Waals surface area contributed by atoms with E-state index in [0.717, 1.165) is 63.3 Å². The van der Waals surface area contributed by atoms with Gasteiger partial charge in [0.1, 0.15) is 88.1 Å². The molecule has 442 valence electrons. The Hall–Kier alpha value is -5.28. The molecule has 0 fully saturated rings. The molecule has 82 heavy (non-hydrogen) atoms. The van der Waals surface area contributed by atoms with Crippen molar-refractivity contribution in [1.29, 1.82) is 0 Å². The molecule has 0 N–H and O–H groups in total. The third-order valence-corrected chi connectivity index (χ3v) is 16.5. The molecule has 2 atom stereocenters. The van der Waals surface area contributed by atoms with Gasteiger partial charge in [-0.2, -0.15) is 0 Å². The highest BCUT2D eigenvalue weighted by Gasteiger charge is 2.25. The van der Waals surface area contributed by atoms with Crippen molar-refractivity contribution < 1.29 is 85.3 Å². The van der Waals surface area contributed by atoms with Gasteiger partial charge in [-0.25, -0.2) is 0 Å². The molecule has 18 nitrogen and oxygen atoms in total. The van der Waals surface area contributed by atoms with Gasteiger partial charge in [-0.15, -0.1) is 45.3 Å². The summed E-state index contributed by atoms with van der Waals surface area (Å²) in [5.41, 5.74) is 0. The van der Waals surface area contributed by atoms with E-state index in [-0.39, 0.29) is 66.1 Å². The third-order valence-electron chi connectivity index (χ3n) is 12.8. The predicted molar refractivity (Wildman–Crippen MR) is 317 cm³/mol. The second-order valence-corrected chi connectivity index (χ2v) is 22.1. The molecule has 4 bridgehead atoms. The summed E-state index contributed by atoms with van der Waals surface area (Å²) >= 11 is 6.46. The van der Waals surface area contributed by atoms with Crippen LogP contribution in [-0.2, 0) is 47.4 Å². The van der Waals surface area contributed by atoms with E-state index in [0.29, 0.717) is 129 Å². The van der Waals surface area contributed by atoms with Gasteiger partial charge < -0.3 is 85.3 Å². The number of hydrogen-bond acceptors (Lipinski definition) is 22. The van der Waals surface area contributed by atoms with Crippen LogP contribution in [0.15, 0.2) is 94.3 Å². The smallest absolute Gasteiger partial charge is 0.162 e. The zero-order valence-electron chi connectivity index (χ0n) is 45.8. The third kappa shape index (κ3) is 17.9. The highest BCUT2D eigenvalue weighted by Crippen LogP contribution is 2.40. The fraction of sp³-hybridized carbons (Fsp3) is 0.467. The topological polar surface area (TPSA) is 166 Å². The lowest BCUT2D eigenvalue weighted by Crippen LogP contribution is -2.41. The SMILES string of the molecule is c1cc2cc3c(cc2s1)OCCOCCOCCOc1cc2ccsc2cc1OCCOC(C1COCCOc2ccc(c4ccsc24)OCCOCCOCCOCCOc2ccc(c4sccc24)OCCOCCO1)COCCO3. The monoisotopic (exact) mass is 1210 g/mol. The number of rotatable bonds is 1. The summed E-state index contributed by atoms with van der Waals surface area (Å²) in [4.78, 5) is 0. The van der Waals surface area contributed by atoms with Crippen LogP contribution in [0.5, 0.6) is 46.0 Å². The number of benzene rings is 4. The molecule has 0 amide bonds. The molecule has 0 spiro atoms. The standard InChI is InChI=1S/C60H70O18S4/c1-3-49-59-45(7-35-81-59)47(1)69-23-15-62-11-9-61-10-12-63-16-24-70-48-2-4-50(60-46(48)8-36-82-60)72-29-21-67-41-55(77-28-20-66-17-25-71-49)56-42-68-22-30-74-51-37-43-5-33-79-57(43)39-53(51)75-27-19-65-14-13-64-18-26-73-52-38-44-6-34-80-58(44)40-54(52)76-31-32-78-56/h1-8,33-40,55-56H,9-32,41-42H2. The van der Waals surface area contributed by atoms with Crippen LogP contribution < -0.4 is 37.9 Å². The number of fused-ring (bicyclic) bond motifs is 16. The average Bonchev–Trinajstić information content (AvgIpc) is 4.40. The zero-order chi connectivity index (χ0) is 55.6. The lowest BCUT2D eigenvalue weighted by Gasteiger charge is -2.28. The summed E-state index contributed by atoms with van der Waals surface area (Å²) in [6.45, 7) is 8.67. The van der Waals surface area contributed by atoms with Gasteiger partial charge in [0.25, 0.3) is 0 Å². The minimum Gasteiger partial charge on any atom is -0.491 e. The van der Waals surface area contributed by atoms with Crippen LogP contribution in [0.3, 0.4) is 0 Å². The Labute approximate surface area is 492 Å². The Morgan fingerprint density at radius 2 is 0.549 bits per heavy atom. The first kappa shape index (κ1) is 59.9. The Morgan fingerprint density at radius 3 is 0.963 bits per heavy atom. The molecular formula is C60H70O18S4. The molecule has 22 heteroatoms. The van der Waals surface area contributed by atoms with Crippen molar-refractivity contribution in [3.8, 4) is 46.0 Å². The van der Waals surface area contributed by atoms with E-state index in [1.165, 1.54) is 0 Å². The number of hydrogen-bond donors (Lipinski definition) is 0. The van der Waals surface area contributed by atoms with Crippen LogP contribution in [0.2, 0.25) is 0 Å². The highest BCUT2D eigenvalue weighted by molar-refractivity contribution is 7.18. The van der Waals surface area contributed by atoms with Gasteiger partial charge >= 0.3 is 0 Å². The van der Waals surface area contributed by atoms with E-state index < -0.39 is 12.2 Å². The Bertz CT molecular complexity index is 3120. The summed E-state index contributed by atoms with van der Waals surface area (Å²) in [5.74, 6) is 5.50. The van der Waals surface area contributed by atoms with E-state index in [1.54, 1.807) is 45.3 Å². The van der Waals surface area contributed by atoms with Crippen molar-refractivity contribution in [2.24, 2.45) is 0 Å². The maximum absolute atomic E-state index is 6.65. The van der Waals surface area contributed by atoms with Crippen molar-refractivity contribution >= 4 is 85.7 Å². The second-order valence-electron chi connectivity index (χ2n) is 18.4. The molecule has 0 radical (unpaired) electrons. The summed E-state index contributed by atoms with van der Waals surface area (Å²) in [7, 11) is 0. The molecule has 2 unspecified atom stereocenters. The van der Waals surface area contributed by atoms with Crippen molar-refractivity contribution in [1.82, 2.24) is 0 Å². The minimum absolute atomic E-state index is 0.155. The van der Waals surface area contributed by atoms with Crippen LogP contribution in [0.4, 0.5) is 0 Å². The molecule has 0 saturated carbocycles. The second kappa shape index (κ2) is 33.3. The van der Waals surface area contributed by atoms with Crippen LogP contribution in [0.25, 0.3) is 40.3 Å². The van der Waals surface area contributed by atoms with Crippen LogP contribution >= 0.6 is 45.3 Å². The normalized spacial score (nSPS) is 20.2. The highest BCUT2D eigenvalue weighted by atomic mass is 32.1. The summed E-state index contributed by atoms with van der Waals surface area (Å²) in [6.07, 6.45) is -1.20. The lowest BCUT2D eigenvalue weighted by molar-refractivity contribution is -0.137. The van der Waals surface area contributed by atoms with E-state index in [1.807, 2.05) is 82.2 Å². The van der Waals surface area contributed by atoms with Gasteiger partial charge in [0.05, 0.1) is 128 Å². The number of thiophene rings is 4. The van der Waals surface area contributed by atoms with Crippen molar-refractivity contribution in [3.05, 3.63) is 94.3 Å². The summed E-state index contributed by atoms with van der Waals surface area (Å²) in [5, 5.41) is 12.2. The Kier molecular flexibility index (Phi) is 24.3. The Balaban J connectivity index is 0.819. The van der Waals surface area contributed by atoms with Crippen molar-refractivity contribution in [3.63, 3.8) is 0 Å². The maximum Gasteiger partial charge on any atom is 0.162 e. The van der Waals surface area contributed by atoms with E-state index in [9.17, 15) is 0 Å². The van der Waals surface area contributed by atoms with Gasteiger partial charge in [-0.05, 0) is 93.0 Å². The van der Waals surface area contributed by atoms with Gasteiger partial charge in [0.2, 0.25) is 0 Å². The molecule has 8 aromatic rings. The minimum atomic E-state index is -0.603. The van der Waals surface area contributed by atoms with Gasteiger partial charge in [-0.3, -0.25) is 0 Å². The Morgan fingerprint density at radius 1 is 0.256 bits per heavy atom. The van der Waals surface area contributed by atoms with Crippen LogP contribution in [0, 0.1) is 0 Å². The fourth-order valence-electron chi connectivity index (χ4n) is 8.87. The molecule has 4 aromatic heterocycles. The molecule has 0 saturated heterocycles. The lowest BCUT2D eigenvalue weighted by atomic mass is 10.2. The van der Waals surface area contributed by atoms with Crippen molar-refractivity contribution in [2.45, 2.75) is 12.2 Å². The first-order valence-corrected chi connectivity index (χ1v) is 31.2. The van der Waals surface area contributed by atoms with Crippen molar-refractivity contribution in [2.75, 3.05) is 172 Å². The van der Waals surface area contributed by atoms with Crippen LogP contribution in [-0.4, -0.2) is 184 Å². The van der Waals surface area contributed by atoms with Gasteiger partial charge in [0, 0.05) is 32.3 Å². The largest absolute Gasteiger partial charge is 0.491 e. The zero-order valence-corrected chi connectivity index (χ0v) is 49.0. The summed E-state index contributed by atoms with van der Waals surface area (Å²) in [6, 6.07) is 23.9. The molecule has 2 aliphatic rings. The van der Waals surface area contributed by atoms with E-state index >= 15 is 0 Å². The molecule has 6 heterocycles. The molecule has 10 rings (SSSR count). The average molecular weight is 1210 g/mol. The van der Waals surface area contributed by atoms with E-state index in [4.69, 9.17) is 85.3 Å². The van der Waals surface area contributed by atoms with E-state index in [2.05, 4.69) is 12.1 Å². The number of ether oxygens (including phenoxy) is 18. The van der Waals surface area contributed by atoms with Gasteiger partial charge in [-0.1, -0.05) is 0 Å². The maximum atomic E-state index is 6.65. The summed E-state index contributed by atoms with van der Waals surface area (Å²) < 4.78 is 115. The molecule has 2 aliphatic heterocycles. The fourth-order valence-corrected chi connectivity index (χ4v) is 12.2. The quantitative estimate of drug-likeness (QED) is 0.152. The van der Waals surface area contributed by atoms with Gasteiger partial charge in [0.15, 0.2) is 23.0 Å². The predicted octanol–water partition coefficient (Wildman–Crippen LogP) is 10.6. The first-order chi connectivity index (χ1) is 40.7. The van der Waals surface area contributed by atoms with Crippen LogP contribution in [0.1, 0.15) is 0 Å². The molecule has 4 aromatic carbocycles. The molecule has 0 aliphatic carbocycles.